The van der Waals surface area contributed by atoms with Crippen molar-refractivity contribution in [1.82, 2.24) is 29.8 Å². The summed E-state index contributed by atoms with van der Waals surface area (Å²) in [5.41, 5.74) is 7.70. The van der Waals surface area contributed by atoms with E-state index in [-0.39, 0.29) is 17.5 Å². The molecule has 3 saturated heterocycles. The van der Waals surface area contributed by atoms with E-state index in [1.807, 2.05) is 6.92 Å². The number of piperidine rings is 1. The summed E-state index contributed by atoms with van der Waals surface area (Å²) in [4.78, 5) is 15.2. The molecule has 2 aliphatic carbocycles. The van der Waals surface area contributed by atoms with E-state index in [4.69, 9.17) is 40.0 Å². The zero-order chi connectivity index (χ0) is 31.8. The normalized spacial score (nSPS) is 32.2. The van der Waals surface area contributed by atoms with E-state index in [0.717, 1.165) is 96.2 Å². The van der Waals surface area contributed by atoms with Gasteiger partial charge in [0.1, 0.15) is 9.52 Å². The molecule has 5 aliphatic rings. The van der Waals surface area contributed by atoms with Crippen molar-refractivity contribution in [3.63, 3.8) is 0 Å². The predicted octanol–water partition coefficient (Wildman–Crippen LogP) is 4.31. The summed E-state index contributed by atoms with van der Waals surface area (Å²) in [7, 11) is 2.20. The van der Waals surface area contributed by atoms with Gasteiger partial charge in [-0.25, -0.2) is 14.6 Å². The van der Waals surface area contributed by atoms with E-state index >= 15 is 0 Å². The van der Waals surface area contributed by atoms with Crippen LogP contribution in [-0.4, -0.2) is 98.3 Å². The summed E-state index contributed by atoms with van der Waals surface area (Å²) >= 11 is 2.33. The van der Waals surface area contributed by atoms with E-state index in [9.17, 15) is 5.11 Å². The summed E-state index contributed by atoms with van der Waals surface area (Å²) < 4.78 is 22.2. The van der Waals surface area contributed by atoms with Gasteiger partial charge >= 0.3 is 0 Å². The predicted molar refractivity (Wildman–Crippen MR) is 182 cm³/mol. The second-order valence-electron chi connectivity index (χ2n) is 14.7. The molecule has 3 aliphatic heterocycles. The second kappa shape index (κ2) is 11.6. The molecule has 250 valence electrons. The molecule has 3 aromatic rings. The SMILES string of the molecule is C[C@@H]([C@@H]1CCCN1C)n1nc(I)c2c(N3C[C@](C)(O)CC[C@@H]3CN)nc(-c3noc4c3CCC[C@@]43CCCCC34OCCO4)nc21. The van der Waals surface area contributed by atoms with Crippen molar-refractivity contribution >= 4 is 39.4 Å². The summed E-state index contributed by atoms with van der Waals surface area (Å²) in [6.45, 7) is 7.35. The van der Waals surface area contributed by atoms with Crippen molar-refractivity contribution in [3.05, 3.63) is 15.0 Å². The minimum absolute atomic E-state index is 0.0389. The fraction of sp³-hybridized carbons (Fsp3) is 0.758. The van der Waals surface area contributed by atoms with Gasteiger partial charge in [-0.05, 0) is 108 Å². The van der Waals surface area contributed by atoms with Crippen LogP contribution in [0.25, 0.3) is 22.6 Å². The van der Waals surface area contributed by atoms with Gasteiger partial charge in [0.05, 0.1) is 35.7 Å². The molecule has 2 spiro atoms. The van der Waals surface area contributed by atoms with Crippen LogP contribution >= 0.6 is 22.6 Å². The quantitative estimate of drug-likeness (QED) is 0.361. The number of β-amino-alcohol motifs (C(OH)–C–C–N with tert-alkyl or cyclic N) is 1. The Hall–Kier alpha value is -1.91. The molecule has 0 amide bonds. The van der Waals surface area contributed by atoms with Crippen molar-refractivity contribution in [2.45, 2.75) is 119 Å². The second-order valence-corrected chi connectivity index (χ2v) is 15.7. The first-order valence-corrected chi connectivity index (χ1v) is 18.4. The molecule has 0 unspecified atom stereocenters. The Balaban J connectivity index is 1.31. The van der Waals surface area contributed by atoms with Crippen LogP contribution in [-0.2, 0) is 21.3 Å². The van der Waals surface area contributed by atoms with Gasteiger partial charge in [0, 0.05) is 37.2 Å². The Morgan fingerprint density at radius 3 is 2.61 bits per heavy atom. The van der Waals surface area contributed by atoms with Crippen LogP contribution in [0.3, 0.4) is 0 Å². The van der Waals surface area contributed by atoms with E-state index < -0.39 is 11.4 Å². The zero-order valence-electron chi connectivity index (χ0n) is 27.3. The topological polar surface area (TPSA) is 141 Å². The number of likely N-dealkylation sites (tertiary alicyclic amines) is 1. The highest BCUT2D eigenvalue weighted by Crippen LogP contribution is 2.57. The number of hydrogen-bond acceptors (Lipinski definition) is 11. The fourth-order valence-corrected chi connectivity index (χ4v) is 10.2. The molecule has 6 heterocycles. The molecular formula is C33H47IN8O4. The first kappa shape index (κ1) is 31.4. The average Bonchev–Trinajstić information content (AvgIpc) is 3.85. The number of hydrogen-bond donors (Lipinski definition) is 2. The molecule has 3 N–H and O–H groups in total. The van der Waals surface area contributed by atoms with Crippen LogP contribution in [0.5, 0.6) is 0 Å². The number of nitrogens with two attached hydrogens (primary N) is 1. The number of fused-ring (bicyclic) bond motifs is 4. The standard InChI is InChI=1S/C33H47IN8O4/c1-20(23-9-7-15-40(23)3)42-30-24(27(34)38-42)29(41-19-31(2,43)14-10-21(41)18-35)36-28(37-30)25-22-8-6-12-32(26(22)46-39-25)11-4-5-13-33(32)44-16-17-45-33/h20-21,23,43H,4-19,35H2,1-3H3/t20-,21+,23-,31+,32-/m0/s1. The number of aliphatic hydroxyl groups is 1. The molecule has 1 saturated carbocycles. The largest absolute Gasteiger partial charge is 0.388 e. The molecule has 3 aromatic heterocycles. The Morgan fingerprint density at radius 2 is 1.85 bits per heavy atom. The van der Waals surface area contributed by atoms with Crippen molar-refractivity contribution < 1.29 is 19.1 Å². The molecule has 4 fully saturated rings. The van der Waals surface area contributed by atoms with Gasteiger partial charge in [-0.2, -0.15) is 5.10 Å². The Kier molecular flexibility index (Phi) is 7.92. The highest BCUT2D eigenvalue weighted by atomic mass is 127. The molecule has 0 radical (unpaired) electrons. The van der Waals surface area contributed by atoms with Crippen LogP contribution in [0.1, 0.15) is 95.4 Å². The maximum absolute atomic E-state index is 11.3. The molecule has 5 atom stereocenters. The molecule has 13 heteroatoms. The smallest absolute Gasteiger partial charge is 0.186 e. The van der Waals surface area contributed by atoms with Gasteiger partial charge in [-0.3, -0.25) is 0 Å². The first-order chi connectivity index (χ1) is 22.2. The van der Waals surface area contributed by atoms with Crippen molar-refractivity contribution in [2.75, 3.05) is 44.8 Å². The highest BCUT2D eigenvalue weighted by molar-refractivity contribution is 14.1. The number of rotatable bonds is 5. The van der Waals surface area contributed by atoms with Crippen molar-refractivity contribution in [3.8, 4) is 11.5 Å². The van der Waals surface area contributed by atoms with E-state index in [1.54, 1.807) is 0 Å². The maximum Gasteiger partial charge on any atom is 0.186 e. The molecule has 8 rings (SSSR count). The molecule has 0 bridgehead atoms. The van der Waals surface area contributed by atoms with Crippen LogP contribution in [0.15, 0.2) is 4.52 Å². The third-order valence-electron chi connectivity index (χ3n) is 11.8. The minimum atomic E-state index is -0.861. The van der Waals surface area contributed by atoms with Gasteiger partial charge in [0.2, 0.25) is 0 Å². The lowest BCUT2D eigenvalue weighted by Crippen LogP contribution is -2.56. The monoisotopic (exact) mass is 746 g/mol. The first-order valence-electron chi connectivity index (χ1n) is 17.3. The maximum atomic E-state index is 11.3. The van der Waals surface area contributed by atoms with Crippen LogP contribution < -0.4 is 10.6 Å². The molecular weight excluding hydrogens is 699 g/mol. The van der Waals surface area contributed by atoms with Gasteiger partial charge < -0.3 is 34.6 Å². The van der Waals surface area contributed by atoms with Gasteiger partial charge in [0.15, 0.2) is 28.7 Å². The molecule has 46 heavy (non-hydrogen) atoms. The summed E-state index contributed by atoms with van der Waals surface area (Å²) in [5.74, 6) is 1.54. The van der Waals surface area contributed by atoms with Gasteiger partial charge in [0.25, 0.3) is 0 Å². The Labute approximate surface area is 283 Å². The lowest BCUT2D eigenvalue weighted by molar-refractivity contribution is -0.235. The van der Waals surface area contributed by atoms with E-state index in [2.05, 4.69) is 51.0 Å². The summed E-state index contributed by atoms with van der Waals surface area (Å²) in [5, 5.41) is 22.1. The van der Waals surface area contributed by atoms with E-state index in [1.165, 1.54) is 6.42 Å². The minimum Gasteiger partial charge on any atom is -0.388 e. The summed E-state index contributed by atoms with van der Waals surface area (Å²) in [6, 6.07) is 0.510. The van der Waals surface area contributed by atoms with Crippen LogP contribution in [0.2, 0.25) is 0 Å². The fourth-order valence-electron chi connectivity index (χ4n) is 9.45. The average molecular weight is 747 g/mol. The number of aromatic nitrogens is 5. The van der Waals surface area contributed by atoms with Gasteiger partial charge in [-0.1, -0.05) is 11.6 Å². The number of halogens is 1. The van der Waals surface area contributed by atoms with E-state index in [0.29, 0.717) is 50.3 Å². The number of likely N-dealkylation sites (N-methyl/N-ethyl adjacent to an activating group) is 1. The molecule has 12 nitrogen and oxygen atoms in total. The third-order valence-corrected chi connectivity index (χ3v) is 12.6. The number of ether oxygens (including phenoxy) is 2. The Bertz CT molecular complexity index is 1620. The highest BCUT2D eigenvalue weighted by Gasteiger charge is 2.61. The zero-order valence-corrected chi connectivity index (χ0v) is 29.5. The Morgan fingerprint density at radius 1 is 1.07 bits per heavy atom. The third kappa shape index (κ3) is 4.77. The van der Waals surface area contributed by atoms with Crippen LogP contribution in [0, 0.1) is 3.70 Å². The summed E-state index contributed by atoms with van der Waals surface area (Å²) in [6.07, 6.45) is 10.6. The lowest BCUT2D eigenvalue weighted by atomic mass is 9.61. The van der Waals surface area contributed by atoms with Crippen molar-refractivity contribution in [2.24, 2.45) is 5.73 Å². The lowest BCUT2D eigenvalue weighted by Gasteiger charge is -2.50. The van der Waals surface area contributed by atoms with Crippen LogP contribution in [0.4, 0.5) is 5.82 Å². The van der Waals surface area contributed by atoms with Crippen molar-refractivity contribution in [1.29, 1.82) is 0 Å². The number of anilines is 1. The molecule has 0 aromatic carbocycles. The number of nitrogens with zero attached hydrogens (tertiary/aromatic N) is 7. The van der Waals surface area contributed by atoms with Gasteiger partial charge in [-0.15, -0.1) is 0 Å².